The van der Waals surface area contributed by atoms with E-state index in [2.05, 4.69) is 18.8 Å². The molecule has 70 valence electrons. The molecule has 0 aromatic rings. The van der Waals surface area contributed by atoms with Crippen LogP contribution >= 0.6 is 0 Å². The molecule has 1 N–H and O–H groups in total. The molecule has 0 spiro atoms. The smallest absolute Gasteiger partial charge is 0.0763 e. The van der Waals surface area contributed by atoms with Crippen LogP contribution in [0.15, 0.2) is 12.7 Å². The first-order valence-electron chi connectivity index (χ1n) is 4.86. The second-order valence-electron chi connectivity index (χ2n) is 3.22. The summed E-state index contributed by atoms with van der Waals surface area (Å²) in [4.78, 5) is 0. The van der Waals surface area contributed by atoms with Crippen molar-refractivity contribution in [2.24, 2.45) is 0 Å². The van der Waals surface area contributed by atoms with Gasteiger partial charge in [0.2, 0.25) is 0 Å². The molecule has 1 rings (SSSR count). The summed E-state index contributed by atoms with van der Waals surface area (Å²) in [5.74, 6) is 0. The van der Waals surface area contributed by atoms with Crippen LogP contribution in [-0.2, 0) is 4.74 Å². The lowest BCUT2D eigenvalue weighted by Gasteiger charge is -2.28. The van der Waals surface area contributed by atoms with Gasteiger partial charge < -0.3 is 10.1 Å². The van der Waals surface area contributed by atoms with Crippen LogP contribution in [0.3, 0.4) is 0 Å². The molecule has 12 heavy (non-hydrogen) atoms. The average molecular weight is 169 g/mol. The third-order valence-electron chi connectivity index (χ3n) is 2.31. The summed E-state index contributed by atoms with van der Waals surface area (Å²) in [6, 6.07) is 0.343. The summed E-state index contributed by atoms with van der Waals surface area (Å²) in [5.41, 5.74) is 0. The van der Waals surface area contributed by atoms with Gasteiger partial charge in [-0.2, -0.15) is 0 Å². The zero-order valence-corrected chi connectivity index (χ0v) is 7.88. The fourth-order valence-corrected chi connectivity index (χ4v) is 1.65. The summed E-state index contributed by atoms with van der Waals surface area (Å²) >= 11 is 0. The molecule has 2 nitrogen and oxygen atoms in total. The predicted molar refractivity (Wildman–Crippen MR) is 51.3 cm³/mol. The number of hydrogen-bond acceptors (Lipinski definition) is 2. The van der Waals surface area contributed by atoms with Gasteiger partial charge in [-0.15, -0.1) is 6.58 Å². The number of nitrogens with one attached hydrogen (secondary N) is 1. The number of likely N-dealkylation sites (N-methyl/N-ethyl adjacent to an activating group) is 1. The second-order valence-corrected chi connectivity index (χ2v) is 3.22. The van der Waals surface area contributed by atoms with Crippen LogP contribution in [-0.4, -0.2) is 25.3 Å². The topological polar surface area (TPSA) is 21.3 Å². The molecule has 2 atom stereocenters. The molecule has 0 amide bonds. The van der Waals surface area contributed by atoms with Crippen molar-refractivity contribution in [3.63, 3.8) is 0 Å². The molecule has 0 aliphatic carbocycles. The van der Waals surface area contributed by atoms with Gasteiger partial charge in [-0.3, -0.25) is 0 Å². The third kappa shape index (κ3) is 2.61. The molecule has 2 heteroatoms. The molecule has 1 fully saturated rings. The fourth-order valence-electron chi connectivity index (χ4n) is 1.65. The highest BCUT2D eigenvalue weighted by atomic mass is 16.5. The quantitative estimate of drug-likeness (QED) is 0.647. The van der Waals surface area contributed by atoms with E-state index in [0.717, 1.165) is 13.2 Å². The van der Waals surface area contributed by atoms with Crippen molar-refractivity contribution >= 4 is 0 Å². The van der Waals surface area contributed by atoms with Gasteiger partial charge in [0.1, 0.15) is 0 Å². The minimum absolute atomic E-state index is 0.343. The standard InChI is InChI=1S/C10H19NO/c1-3-9(11-4-2)10-7-5-6-8-12-10/h3,9-11H,1,4-8H2,2H3. The van der Waals surface area contributed by atoms with Crippen molar-refractivity contribution < 1.29 is 4.74 Å². The second kappa shape index (κ2) is 5.33. The lowest BCUT2D eigenvalue weighted by Crippen LogP contribution is -2.41. The Morgan fingerprint density at radius 3 is 3.00 bits per heavy atom. The van der Waals surface area contributed by atoms with Crippen molar-refractivity contribution in [2.45, 2.75) is 38.3 Å². The van der Waals surface area contributed by atoms with E-state index in [1.54, 1.807) is 0 Å². The van der Waals surface area contributed by atoms with Crippen molar-refractivity contribution in [2.75, 3.05) is 13.2 Å². The highest BCUT2D eigenvalue weighted by Gasteiger charge is 2.20. The Morgan fingerprint density at radius 1 is 1.67 bits per heavy atom. The summed E-state index contributed by atoms with van der Waals surface area (Å²) in [6.45, 7) is 7.82. The lowest BCUT2D eigenvalue weighted by molar-refractivity contribution is 0.00261. The van der Waals surface area contributed by atoms with Crippen LogP contribution in [0.25, 0.3) is 0 Å². The van der Waals surface area contributed by atoms with E-state index in [1.165, 1.54) is 19.3 Å². The largest absolute Gasteiger partial charge is 0.376 e. The van der Waals surface area contributed by atoms with E-state index in [0.29, 0.717) is 12.1 Å². The monoisotopic (exact) mass is 169 g/mol. The molecule has 0 aromatic heterocycles. The van der Waals surface area contributed by atoms with Gasteiger partial charge >= 0.3 is 0 Å². The Labute approximate surface area is 75.0 Å². The van der Waals surface area contributed by atoms with Gasteiger partial charge in [-0.1, -0.05) is 13.0 Å². The molecule has 1 aliphatic rings. The van der Waals surface area contributed by atoms with Crippen LogP contribution < -0.4 is 5.32 Å². The molecular weight excluding hydrogens is 150 g/mol. The summed E-state index contributed by atoms with van der Waals surface area (Å²) < 4.78 is 5.65. The maximum Gasteiger partial charge on any atom is 0.0763 e. The predicted octanol–water partition coefficient (Wildman–Crippen LogP) is 1.72. The first-order valence-corrected chi connectivity index (χ1v) is 4.86. The maximum atomic E-state index is 5.65. The first kappa shape index (κ1) is 9.75. The van der Waals surface area contributed by atoms with Gasteiger partial charge in [-0.05, 0) is 25.8 Å². The Hall–Kier alpha value is -0.340. The number of rotatable bonds is 4. The van der Waals surface area contributed by atoms with Crippen molar-refractivity contribution in [1.82, 2.24) is 5.32 Å². The normalized spacial score (nSPS) is 26.6. The summed E-state index contributed by atoms with van der Waals surface area (Å²) in [6.07, 6.45) is 5.99. The third-order valence-corrected chi connectivity index (χ3v) is 2.31. The van der Waals surface area contributed by atoms with Crippen molar-refractivity contribution in [1.29, 1.82) is 0 Å². The van der Waals surface area contributed by atoms with Crippen LogP contribution in [0.2, 0.25) is 0 Å². The number of ether oxygens (including phenoxy) is 1. The molecule has 0 bridgehead atoms. The van der Waals surface area contributed by atoms with Gasteiger partial charge in [0.15, 0.2) is 0 Å². The van der Waals surface area contributed by atoms with Crippen molar-refractivity contribution in [3.8, 4) is 0 Å². The summed E-state index contributed by atoms with van der Waals surface area (Å²) in [5, 5.41) is 3.36. The van der Waals surface area contributed by atoms with Crippen molar-refractivity contribution in [3.05, 3.63) is 12.7 Å². The highest BCUT2D eigenvalue weighted by Crippen LogP contribution is 2.16. The van der Waals surface area contributed by atoms with Gasteiger partial charge in [0.05, 0.1) is 12.1 Å². The maximum absolute atomic E-state index is 5.65. The fraction of sp³-hybridized carbons (Fsp3) is 0.800. The van der Waals surface area contributed by atoms with E-state index in [1.807, 2.05) is 6.08 Å². The molecular formula is C10H19NO. The summed E-state index contributed by atoms with van der Waals surface area (Å²) in [7, 11) is 0. The zero-order valence-electron chi connectivity index (χ0n) is 7.88. The Morgan fingerprint density at radius 2 is 2.50 bits per heavy atom. The van der Waals surface area contributed by atoms with Gasteiger partial charge in [-0.25, -0.2) is 0 Å². The van der Waals surface area contributed by atoms with E-state index >= 15 is 0 Å². The highest BCUT2D eigenvalue weighted by molar-refractivity contribution is 4.92. The van der Waals surface area contributed by atoms with Gasteiger partial charge in [0.25, 0.3) is 0 Å². The van der Waals surface area contributed by atoms with E-state index < -0.39 is 0 Å². The molecule has 1 heterocycles. The Kier molecular flexibility index (Phi) is 4.33. The molecule has 0 saturated carbocycles. The van der Waals surface area contributed by atoms with E-state index in [-0.39, 0.29) is 0 Å². The molecule has 0 radical (unpaired) electrons. The lowest BCUT2D eigenvalue weighted by atomic mass is 10.0. The SMILES string of the molecule is C=CC(NCC)C1CCCCO1. The van der Waals surface area contributed by atoms with E-state index in [9.17, 15) is 0 Å². The Balaban J connectivity index is 2.34. The molecule has 1 saturated heterocycles. The minimum Gasteiger partial charge on any atom is -0.376 e. The van der Waals surface area contributed by atoms with Crippen LogP contribution in [0, 0.1) is 0 Å². The van der Waals surface area contributed by atoms with Gasteiger partial charge in [0, 0.05) is 6.61 Å². The zero-order chi connectivity index (χ0) is 8.81. The number of hydrogen-bond donors (Lipinski definition) is 1. The average Bonchev–Trinajstić information content (AvgIpc) is 2.15. The molecule has 1 aliphatic heterocycles. The van der Waals surface area contributed by atoms with E-state index in [4.69, 9.17) is 4.74 Å². The van der Waals surface area contributed by atoms with Crippen LogP contribution in [0.4, 0.5) is 0 Å². The Bertz CT molecular complexity index is 130. The molecule has 0 aromatic carbocycles. The van der Waals surface area contributed by atoms with Crippen LogP contribution in [0.5, 0.6) is 0 Å². The first-order chi connectivity index (χ1) is 5.88. The van der Waals surface area contributed by atoms with Crippen LogP contribution in [0.1, 0.15) is 26.2 Å². The minimum atomic E-state index is 0.343. The molecule has 2 unspecified atom stereocenters.